The van der Waals surface area contributed by atoms with Gasteiger partial charge in [0, 0.05) is 6.04 Å². The summed E-state index contributed by atoms with van der Waals surface area (Å²) in [6.07, 6.45) is 0. The average Bonchev–Trinajstić information content (AvgIpc) is 2.83. The number of alkyl halides is 1. The number of hydrogen-bond acceptors (Lipinski definition) is 3. The molecule has 110 valence electrons. The third kappa shape index (κ3) is 2.86. The highest BCUT2D eigenvalue weighted by molar-refractivity contribution is 6.17. The van der Waals surface area contributed by atoms with E-state index >= 15 is 0 Å². The molecule has 0 aliphatic rings. The van der Waals surface area contributed by atoms with Crippen molar-refractivity contribution in [1.82, 2.24) is 14.9 Å². The van der Waals surface area contributed by atoms with E-state index in [1.54, 1.807) is 23.6 Å². The molecule has 0 aliphatic heterocycles. The Morgan fingerprint density at radius 2 is 2.19 bits per heavy atom. The highest BCUT2D eigenvalue weighted by atomic mass is 35.5. The standard InChI is InChI=1S/C15H17ClN4O/c1-9(2)18-15(21)10(3)20-12-6-4-5-11(8-17)14(12)19-13(20)7-16/h4-6,9-10H,7H2,1-3H3,(H,18,21). The molecule has 1 aromatic carbocycles. The molecule has 21 heavy (non-hydrogen) atoms. The molecule has 0 saturated heterocycles. The second-order valence-corrected chi connectivity index (χ2v) is 5.42. The first kappa shape index (κ1) is 15.3. The molecule has 6 heteroatoms. The summed E-state index contributed by atoms with van der Waals surface area (Å²) in [7, 11) is 0. The minimum atomic E-state index is -0.444. The molecule has 0 aliphatic carbocycles. The van der Waals surface area contributed by atoms with Crippen LogP contribution in [0.1, 0.15) is 38.2 Å². The van der Waals surface area contributed by atoms with Gasteiger partial charge in [-0.2, -0.15) is 5.26 Å². The lowest BCUT2D eigenvalue weighted by molar-refractivity contribution is -0.124. The first-order valence-electron chi connectivity index (χ1n) is 6.75. The Balaban J connectivity index is 2.57. The van der Waals surface area contributed by atoms with Crippen LogP contribution in [0.4, 0.5) is 0 Å². The van der Waals surface area contributed by atoms with Gasteiger partial charge in [0.05, 0.1) is 17.0 Å². The third-order valence-electron chi connectivity index (χ3n) is 3.23. The van der Waals surface area contributed by atoms with Gasteiger partial charge in [0.25, 0.3) is 0 Å². The molecule has 0 radical (unpaired) electrons. The summed E-state index contributed by atoms with van der Waals surface area (Å²) in [4.78, 5) is 16.7. The van der Waals surface area contributed by atoms with E-state index in [4.69, 9.17) is 16.9 Å². The zero-order chi connectivity index (χ0) is 15.6. The van der Waals surface area contributed by atoms with Gasteiger partial charge in [-0.3, -0.25) is 4.79 Å². The van der Waals surface area contributed by atoms with Crippen molar-refractivity contribution < 1.29 is 4.79 Å². The number of nitrogens with zero attached hydrogens (tertiary/aromatic N) is 3. The molecule has 0 bridgehead atoms. The van der Waals surface area contributed by atoms with Crippen LogP contribution in [0.15, 0.2) is 18.2 Å². The summed E-state index contributed by atoms with van der Waals surface area (Å²) in [6, 6.07) is 7.06. The summed E-state index contributed by atoms with van der Waals surface area (Å²) in [5.41, 5.74) is 1.81. The molecule has 0 spiro atoms. The molecule has 0 fully saturated rings. The molecule has 1 N–H and O–H groups in total. The lowest BCUT2D eigenvalue weighted by Gasteiger charge is -2.18. The summed E-state index contributed by atoms with van der Waals surface area (Å²) < 4.78 is 1.79. The van der Waals surface area contributed by atoms with Crippen LogP contribution in [0.25, 0.3) is 11.0 Å². The highest BCUT2D eigenvalue weighted by Gasteiger charge is 2.22. The van der Waals surface area contributed by atoms with Gasteiger partial charge in [0.1, 0.15) is 23.5 Å². The summed E-state index contributed by atoms with van der Waals surface area (Å²) in [5, 5.41) is 12.0. The van der Waals surface area contributed by atoms with Crippen LogP contribution in [0.3, 0.4) is 0 Å². The lowest BCUT2D eigenvalue weighted by atomic mass is 10.2. The van der Waals surface area contributed by atoms with Crippen molar-refractivity contribution in [2.75, 3.05) is 0 Å². The molecule has 1 unspecified atom stereocenters. The Kier molecular flexibility index (Phi) is 4.49. The molecule has 2 aromatic rings. The van der Waals surface area contributed by atoms with E-state index in [9.17, 15) is 4.79 Å². The van der Waals surface area contributed by atoms with Crippen molar-refractivity contribution in [2.45, 2.75) is 38.7 Å². The maximum Gasteiger partial charge on any atom is 0.243 e. The van der Waals surface area contributed by atoms with Crippen molar-refractivity contribution in [3.63, 3.8) is 0 Å². The normalized spacial score (nSPS) is 12.4. The summed E-state index contributed by atoms with van der Waals surface area (Å²) >= 11 is 5.96. The number of para-hydroxylation sites is 1. The number of amides is 1. The molecule has 1 amide bonds. The maximum absolute atomic E-state index is 12.3. The molecule has 2 rings (SSSR count). The van der Waals surface area contributed by atoms with Crippen LogP contribution >= 0.6 is 11.6 Å². The molecule has 1 heterocycles. The second kappa shape index (κ2) is 6.15. The number of nitrogens with one attached hydrogen (secondary N) is 1. The van der Waals surface area contributed by atoms with Crippen LogP contribution in [-0.4, -0.2) is 21.5 Å². The first-order chi connectivity index (χ1) is 9.99. The smallest absolute Gasteiger partial charge is 0.243 e. The average molecular weight is 305 g/mol. The maximum atomic E-state index is 12.3. The summed E-state index contributed by atoms with van der Waals surface area (Å²) in [5.74, 6) is 0.664. The molecular formula is C15H17ClN4O. The molecule has 5 nitrogen and oxygen atoms in total. The largest absolute Gasteiger partial charge is 0.352 e. The number of halogens is 1. The Bertz CT molecular complexity index is 714. The van der Waals surface area contributed by atoms with Crippen LogP contribution in [-0.2, 0) is 10.7 Å². The zero-order valence-corrected chi connectivity index (χ0v) is 13.0. The fourth-order valence-corrected chi connectivity index (χ4v) is 2.49. The Labute approximate surface area is 128 Å². The topological polar surface area (TPSA) is 70.7 Å². The highest BCUT2D eigenvalue weighted by Crippen LogP contribution is 2.25. The van der Waals surface area contributed by atoms with Crippen LogP contribution < -0.4 is 5.32 Å². The number of carbonyl (C=O) groups excluding carboxylic acids is 1. The van der Waals surface area contributed by atoms with E-state index in [1.165, 1.54) is 0 Å². The van der Waals surface area contributed by atoms with Gasteiger partial charge in [0.15, 0.2) is 0 Å². The lowest BCUT2D eigenvalue weighted by Crippen LogP contribution is -2.36. The van der Waals surface area contributed by atoms with E-state index in [0.29, 0.717) is 16.9 Å². The van der Waals surface area contributed by atoms with Crippen LogP contribution in [0, 0.1) is 11.3 Å². The van der Waals surface area contributed by atoms with Gasteiger partial charge < -0.3 is 9.88 Å². The number of nitriles is 1. The molecule has 1 atom stereocenters. The predicted molar refractivity (Wildman–Crippen MR) is 82.0 cm³/mol. The number of benzene rings is 1. The Morgan fingerprint density at radius 1 is 1.48 bits per heavy atom. The van der Waals surface area contributed by atoms with E-state index < -0.39 is 6.04 Å². The number of fused-ring (bicyclic) bond motifs is 1. The SMILES string of the molecule is CC(C)NC(=O)C(C)n1c(CCl)nc2c(C#N)cccc21. The van der Waals surface area contributed by atoms with Gasteiger partial charge in [0.2, 0.25) is 5.91 Å². The number of imidazole rings is 1. The Hall–Kier alpha value is -2.06. The molecular weight excluding hydrogens is 288 g/mol. The minimum absolute atomic E-state index is 0.0591. The Morgan fingerprint density at radius 3 is 2.76 bits per heavy atom. The molecule has 1 aromatic heterocycles. The van der Waals surface area contributed by atoms with Crippen molar-refractivity contribution in [2.24, 2.45) is 0 Å². The van der Waals surface area contributed by atoms with Crippen LogP contribution in [0.5, 0.6) is 0 Å². The zero-order valence-electron chi connectivity index (χ0n) is 12.2. The van der Waals surface area contributed by atoms with E-state index in [2.05, 4.69) is 16.4 Å². The van der Waals surface area contributed by atoms with Crippen LogP contribution in [0.2, 0.25) is 0 Å². The predicted octanol–water partition coefficient (Wildman–Crippen LogP) is 2.73. The van der Waals surface area contributed by atoms with Crippen molar-refractivity contribution in [3.05, 3.63) is 29.6 Å². The molecule has 0 saturated carbocycles. The monoisotopic (exact) mass is 304 g/mol. The summed E-state index contributed by atoms with van der Waals surface area (Å²) in [6.45, 7) is 5.62. The fraction of sp³-hybridized carbons (Fsp3) is 0.400. The van der Waals surface area contributed by atoms with E-state index in [0.717, 1.165) is 5.52 Å². The minimum Gasteiger partial charge on any atom is -0.352 e. The quantitative estimate of drug-likeness (QED) is 0.883. The first-order valence-corrected chi connectivity index (χ1v) is 7.29. The van der Waals surface area contributed by atoms with Crippen molar-refractivity contribution in [3.8, 4) is 6.07 Å². The van der Waals surface area contributed by atoms with Gasteiger partial charge in [-0.05, 0) is 32.9 Å². The van der Waals surface area contributed by atoms with Crippen molar-refractivity contribution >= 4 is 28.5 Å². The second-order valence-electron chi connectivity index (χ2n) is 5.16. The van der Waals surface area contributed by atoms with Gasteiger partial charge in [-0.1, -0.05) is 6.07 Å². The number of rotatable bonds is 4. The van der Waals surface area contributed by atoms with E-state index in [1.807, 2.05) is 19.9 Å². The fourth-order valence-electron chi connectivity index (χ4n) is 2.30. The van der Waals surface area contributed by atoms with Gasteiger partial charge in [-0.25, -0.2) is 4.98 Å². The number of hydrogen-bond donors (Lipinski definition) is 1. The number of aromatic nitrogens is 2. The van der Waals surface area contributed by atoms with Crippen molar-refractivity contribution in [1.29, 1.82) is 5.26 Å². The van der Waals surface area contributed by atoms with Gasteiger partial charge >= 0.3 is 0 Å². The third-order valence-corrected chi connectivity index (χ3v) is 3.47. The van der Waals surface area contributed by atoms with E-state index in [-0.39, 0.29) is 17.8 Å². The van der Waals surface area contributed by atoms with Gasteiger partial charge in [-0.15, -0.1) is 11.6 Å². The number of carbonyl (C=O) groups is 1.